The Hall–Kier alpha value is -1.02. The molecule has 5 N–H and O–H groups in total. The van der Waals surface area contributed by atoms with Crippen LogP contribution in [0.2, 0.25) is 0 Å². The van der Waals surface area contributed by atoms with Crippen molar-refractivity contribution in [2.45, 2.75) is 43.4 Å². The average molecular weight is 297 g/mol. The first kappa shape index (κ1) is 16.4. The van der Waals surface area contributed by atoms with Crippen LogP contribution < -0.4 is 5.32 Å². The van der Waals surface area contributed by atoms with Gasteiger partial charge in [0.25, 0.3) is 0 Å². The predicted molar refractivity (Wildman–Crippen MR) is 76.5 cm³/mol. The second-order valence-electron chi connectivity index (χ2n) is 5.36. The van der Waals surface area contributed by atoms with Gasteiger partial charge in [0.15, 0.2) is 0 Å². The molecule has 21 heavy (non-hydrogen) atoms. The Morgan fingerprint density at radius 2 is 1.86 bits per heavy atom. The molecule has 1 fully saturated rings. The number of hydrogen-bond donors (Lipinski definition) is 5. The van der Waals surface area contributed by atoms with Crippen molar-refractivity contribution in [2.75, 3.05) is 13.2 Å². The van der Waals surface area contributed by atoms with E-state index in [1.54, 1.807) is 0 Å². The van der Waals surface area contributed by atoms with Gasteiger partial charge < -0.3 is 30.5 Å². The van der Waals surface area contributed by atoms with Crippen LogP contribution in [0.15, 0.2) is 30.3 Å². The van der Waals surface area contributed by atoms with Gasteiger partial charge in [0.1, 0.15) is 0 Å². The van der Waals surface area contributed by atoms with Crippen molar-refractivity contribution in [1.29, 1.82) is 0 Å². The summed E-state index contributed by atoms with van der Waals surface area (Å²) in [5, 5.41) is 41.5. The number of rotatable bonds is 7. The highest BCUT2D eigenvalue weighted by atomic mass is 16.5. The lowest BCUT2D eigenvalue weighted by Gasteiger charge is -2.21. The van der Waals surface area contributed by atoms with E-state index in [9.17, 15) is 15.3 Å². The molecule has 0 aliphatic carbocycles. The molecule has 118 valence electrons. The molecule has 5 atom stereocenters. The molecule has 1 aromatic carbocycles. The summed E-state index contributed by atoms with van der Waals surface area (Å²) in [6.45, 7) is 0.485. The highest BCUT2D eigenvalue weighted by Crippen LogP contribution is 2.19. The summed E-state index contributed by atoms with van der Waals surface area (Å²) in [6.07, 6.45) is -2.83. The molecule has 6 heteroatoms. The lowest BCUT2D eigenvalue weighted by molar-refractivity contribution is -0.0119. The maximum absolute atomic E-state index is 9.98. The van der Waals surface area contributed by atoms with Gasteiger partial charge in [0.2, 0.25) is 0 Å². The van der Waals surface area contributed by atoms with E-state index in [0.717, 1.165) is 5.56 Å². The van der Waals surface area contributed by atoms with Gasteiger partial charge >= 0.3 is 0 Å². The predicted octanol–water partition coefficient (Wildman–Crippen LogP) is -0.991. The Morgan fingerprint density at radius 3 is 2.52 bits per heavy atom. The monoisotopic (exact) mass is 297 g/mol. The Balaban J connectivity index is 1.81. The number of nitrogens with one attached hydrogen (secondary N) is 1. The summed E-state index contributed by atoms with van der Waals surface area (Å²) in [5.74, 6) is 0. The van der Waals surface area contributed by atoms with Crippen LogP contribution in [0.1, 0.15) is 12.0 Å². The van der Waals surface area contributed by atoms with Crippen LogP contribution in [0.3, 0.4) is 0 Å². The van der Waals surface area contributed by atoms with Gasteiger partial charge in [0, 0.05) is 6.61 Å². The third-order valence-corrected chi connectivity index (χ3v) is 3.78. The van der Waals surface area contributed by atoms with Crippen molar-refractivity contribution >= 4 is 0 Å². The smallest absolute Gasteiger partial charge is 0.0993 e. The minimum atomic E-state index is -1.07. The number of aliphatic hydroxyl groups is 4. The molecule has 0 spiro atoms. The molecule has 6 nitrogen and oxygen atoms in total. The molecule has 2 rings (SSSR count). The summed E-state index contributed by atoms with van der Waals surface area (Å²) in [6, 6.07) is 8.57. The SMILES string of the molecule is OCC[C@H](O)[C@H]1N[C@H](COCc2ccccc2)[C@@H](O)[C@@H]1O. The highest BCUT2D eigenvalue weighted by Gasteiger charge is 2.43. The van der Waals surface area contributed by atoms with Crippen molar-refractivity contribution in [2.24, 2.45) is 0 Å². The van der Waals surface area contributed by atoms with Crippen LogP contribution in [0.25, 0.3) is 0 Å². The molecule has 0 bridgehead atoms. The molecular formula is C15H23NO5. The number of hydrogen-bond acceptors (Lipinski definition) is 6. The third-order valence-electron chi connectivity index (χ3n) is 3.78. The zero-order chi connectivity index (χ0) is 15.2. The van der Waals surface area contributed by atoms with Crippen LogP contribution in [-0.2, 0) is 11.3 Å². The first-order chi connectivity index (χ1) is 10.1. The summed E-state index contributed by atoms with van der Waals surface area (Å²) >= 11 is 0. The molecule has 1 aliphatic heterocycles. The molecule has 0 amide bonds. The first-order valence-corrected chi connectivity index (χ1v) is 7.16. The van der Waals surface area contributed by atoms with Crippen LogP contribution in [-0.4, -0.2) is 64.0 Å². The van der Waals surface area contributed by atoms with E-state index in [1.807, 2.05) is 30.3 Å². The van der Waals surface area contributed by atoms with Gasteiger partial charge in [-0.25, -0.2) is 0 Å². The van der Waals surface area contributed by atoms with Gasteiger partial charge in [-0.1, -0.05) is 30.3 Å². The number of benzene rings is 1. The molecule has 0 saturated carbocycles. The van der Waals surface area contributed by atoms with Gasteiger partial charge in [-0.2, -0.15) is 0 Å². The van der Waals surface area contributed by atoms with Crippen molar-refractivity contribution < 1.29 is 25.2 Å². The third kappa shape index (κ3) is 4.23. The van der Waals surface area contributed by atoms with Gasteiger partial charge in [-0.3, -0.25) is 0 Å². The van der Waals surface area contributed by atoms with Gasteiger partial charge in [-0.05, 0) is 12.0 Å². The molecule has 1 aliphatic rings. The lowest BCUT2D eigenvalue weighted by atomic mass is 10.0. The molecule has 0 radical (unpaired) electrons. The van der Waals surface area contributed by atoms with E-state index in [0.29, 0.717) is 6.61 Å². The fourth-order valence-corrected chi connectivity index (χ4v) is 2.57. The fraction of sp³-hybridized carbons (Fsp3) is 0.600. The quantitative estimate of drug-likeness (QED) is 0.443. The second kappa shape index (κ2) is 7.84. The summed E-state index contributed by atoms with van der Waals surface area (Å²) in [4.78, 5) is 0. The van der Waals surface area contributed by atoms with Gasteiger partial charge in [0.05, 0.1) is 43.6 Å². The van der Waals surface area contributed by atoms with Crippen molar-refractivity contribution in [3.05, 3.63) is 35.9 Å². The normalized spacial score (nSPS) is 30.5. The molecule has 1 heterocycles. The Bertz CT molecular complexity index is 416. The Kier molecular flexibility index (Phi) is 6.10. The zero-order valence-electron chi connectivity index (χ0n) is 11.8. The lowest BCUT2D eigenvalue weighted by Crippen LogP contribution is -2.44. The first-order valence-electron chi connectivity index (χ1n) is 7.16. The molecular weight excluding hydrogens is 274 g/mol. The van der Waals surface area contributed by atoms with E-state index in [4.69, 9.17) is 9.84 Å². The van der Waals surface area contributed by atoms with Gasteiger partial charge in [-0.15, -0.1) is 0 Å². The second-order valence-corrected chi connectivity index (χ2v) is 5.36. The van der Waals surface area contributed by atoms with Crippen molar-refractivity contribution in [3.63, 3.8) is 0 Å². The maximum Gasteiger partial charge on any atom is 0.0993 e. The van der Waals surface area contributed by atoms with E-state index in [2.05, 4.69) is 5.32 Å². The molecule has 0 unspecified atom stereocenters. The number of aliphatic hydroxyl groups excluding tert-OH is 4. The van der Waals surface area contributed by atoms with E-state index < -0.39 is 30.4 Å². The minimum Gasteiger partial charge on any atom is -0.396 e. The zero-order valence-corrected chi connectivity index (χ0v) is 11.8. The molecule has 0 aromatic heterocycles. The summed E-state index contributed by atoms with van der Waals surface area (Å²) in [5.41, 5.74) is 1.03. The van der Waals surface area contributed by atoms with E-state index in [-0.39, 0.29) is 19.6 Å². The Morgan fingerprint density at radius 1 is 1.14 bits per heavy atom. The fourth-order valence-electron chi connectivity index (χ4n) is 2.57. The van der Waals surface area contributed by atoms with Crippen LogP contribution in [0.4, 0.5) is 0 Å². The summed E-state index contributed by atoms with van der Waals surface area (Å²) < 4.78 is 5.55. The van der Waals surface area contributed by atoms with Crippen LogP contribution >= 0.6 is 0 Å². The van der Waals surface area contributed by atoms with E-state index >= 15 is 0 Å². The average Bonchev–Trinajstić information content (AvgIpc) is 2.77. The highest BCUT2D eigenvalue weighted by molar-refractivity contribution is 5.13. The van der Waals surface area contributed by atoms with Crippen LogP contribution in [0.5, 0.6) is 0 Å². The van der Waals surface area contributed by atoms with E-state index in [1.165, 1.54) is 0 Å². The summed E-state index contributed by atoms with van der Waals surface area (Å²) in [7, 11) is 0. The van der Waals surface area contributed by atoms with Crippen LogP contribution in [0, 0.1) is 0 Å². The largest absolute Gasteiger partial charge is 0.396 e. The minimum absolute atomic E-state index is 0.152. The maximum atomic E-state index is 9.98. The molecule has 1 aromatic rings. The standard InChI is InChI=1S/C15H23NO5/c17-7-6-12(18)13-15(20)14(19)11(16-13)9-21-8-10-4-2-1-3-5-10/h1-5,11-20H,6-9H2/t11-,12+,13-,14-,15-/m1/s1. The Labute approximate surface area is 124 Å². The van der Waals surface area contributed by atoms with Crippen molar-refractivity contribution in [3.8, 4) is 0 Å². The topological polar surface area (TPSA) is 102 Å². The molecule has 1 saturated heterocycles. The van der Waals surface area contributed by atoms with Crippen molar-refractivity contribution in [1.82, 2.24) is 5.32 Å². The number of ether oxygens (including phenoxy) is 1.